The molecule has 2 N–H and O–H groups in total. The number of rotatable bonds is 4. The van der Waals surface area contributed by atoms with Gasteiger partial charge in [-0.1, -0.05) is 0 Å². The van der Waals surface area contributed by atoms with Crippen molar-refractivity contribution in [2.24, 2.45) is 0 Å². The summed E-state index contributed by atoms with van der Waals surface area (Å²) >= 11 is 0. The molecule has 0 rings (SSSR count). The second kappa shape index (κ2) is 4.05. The van der Waals surface area contributed by atoms with E-state index in [-0.39, 0.29) is 12.7 Å². The van der Waals surface area contributed by atoms with Gasteiger partial charge in [-0.25, -0.2) is 4.57 Å². The summed E-state index contributed by atoms with van der Waals surface area (Å²) in [6.45, 7) is 1.55. The molecule has 0 amide bonds. The quantitative estimate of drug-likeness (QED) is 0.586. The van der Waals surface area contributed by atoms with E-state index in [2.05, 4.69) is 9.26 Å². The van der Waals surface area contributed by atoms with E-state index in [1.165, 1.54) is 7.11 Å². The monoisotopic (exact) mass is 170 g/mol. The maximum Gasteiger partial charge on any atom is 0.469 e. The van der Waals surface area contributed by atoms with Gasteiger partial charge >= 0.3 is 7.82 Å². The molecule has 0 aliphatic rings. The fraction of sp³-hybridized carbons (Fsp3) is 1.00. The molecule has 6 heteroatoms. The lowest BCUT2D eigenvalue weighted by Gasteiger charge is -2.09. The number of methoxy groups -OCH3 is 1. The molecule has 0 fully saturated rings. The Hall–Kier alpha value is 0.0700. The van der Waals surface area contributed by atoms with Crippen molar-refractivity contribution in [1.29, 1.82) is 0 Å². The normalized spacial score (nSPS) is 15.2. The van der Waals surface area contributed by atoms with Gasteiger partial charge in [0.15, 0.2) is 0 Å². The molecule has 0 spiro atoms. The van der Waals surface area contributed by atoms with Crippen molar-refractivity contribution in [3.63, 3.8) is 0 Å². The van der Waals surface area contributed by atoms with E-state index < -0.39 is 7.82 Å². The lowest BCUT2D eigenvalue weighted by atomic mass is 10.4. The predicted octanol–water partition coefficient (Wildman–Crippen LogP) is 0.131. The first kappa shape index (κ1) is 10.1. The third-order valence-electron chi connectivity index (χ3n) is 0.880. The van der Waals surface area contributed by atoms with Crippen LogP contribution in [0.2, 0.25) is 0 Å². The van der Waals surface area contributed by atoms with E-state index in [9.17, 15) is 4.57 Å². The van der Waals surface area contributed by atoms with Gasteiger partial charge in [0.05, 0.1) is 12.7 Å². The van der Waals surface area contributed by atoms with Gasteiger partial charge in [-0.05, 0) is 6.92 Å². The zero-order chi connectivity index (χ0) is 8.20. The average molecular weight is 170 g/mol. The van der Waals surface area contributed by atoms with E-state index in [0.29, 0.717) is 0 Å². The summed E-state index contributed by atoms with van der Waals surface area (Å²) in [5, 5.41) is 0. The summed E-state index contributed by atoms with van der Waals surface area (Å²) in [5.74, 6) is 0. The van der Waals surface area contributed by atoms with Gasteiger partial charge in [0.2, 0.25) is 0 Å². The maximum atomic E-state index is 10.1. The summed E-state index contributed by atoms with van der Waals surface area (Å²) in [6.07, 6.45) is -0.298. The largest absolute Gasteiger partial charge is 0.469 e. The van der Waals surface area contributed by atoms with Crippen LogP contribution in [-0.2, 0) is 13.8 Å². The van der Waals surface area contributed by atoms with Crippen LogP contribution in [0.4, 0.5) is 0 Å². The van der Waals surface area contributed by atoms with Crippen molar-refractivity contribution in [1.82, 2.24) is 0 Å². The Bertz CT molecular complexity index is 130. The van der Waals surface area contributed by atoms with Crippen molar-refractivity contribution in [3.05, 3.63) is 0 Å². The summed E-state index contributed by atoms with van der Waals surface area (Å²) in [6, 6.07) is 0. The highest BCUT2D eigenvalue weighted by Crippen LogP contribution is 2.35. The van der Waals surface area contributed by atoms with E-state index in [0.717, 1.165) is 0 Å². The van der Waals surface area contributed by atoms with Crippen LogP contribution < -0.4 is 0 Å². The topological polar surface area (TPSA) is 76.0 Å². The minimum Gasteiger partial charge on any atom is -0.379 e. The van der Waals surface area contributed by atoms with Gasteiger partial charge < -0.3 is 14.5 Å². The highest BCUT2D eigenvalue weighted by atomic mass is 31.2. The summed E-state index contributed by atoms with van der Waals surface area (Å²) in [7, 11) is -2.87. The first-order chi connectivity index (χ1) is 4.45. The third kappa shape index (κ3) is 6.19. The van der Waals surface area contributed by atoms with Gasteiger partial charge in [-0.2, -0.15) is 0 Å². The molecule has 0 aromatic carbocycles. The molecular weight excluding hydrogens is 159 g/mol. The van der Waals surface area contributed by atoms with Crippen molar-refractivity contribution in [2.75, 3.05) is 13.7 Å². The van der Waals surface area contributed by atoms with Crippen molar-refractivity contribution in [3.8, 4) is 0 Å². The fourth-order valence-electron chi connectivity index (χ4n) is 0.270. The Kier molecular flexibility index (Phi) is 4.08. The zero-order valence-corrected chi connectivity index (χ0v) is 6.75. The highest BCUT2D eigenvalue weighted by Gasteiger charge is 2.14. The van der Waals surface area contributed by atoms with Crippen LogP contribution in [-0.4, -0.2) is 29.6 Å². The molecule has 1 atom stereocenters. The van der Waals surface area contributed by atoms with Crippen molar-refractivity contribution in [2.45, 2.75) is 13.0 Å². The SMILES string of the molecule is COC(C)COP(=O)(O)O. The minimum atomic E-state index is -4.31. The van der Waals surface area contributed by atoms with Crippen LogP contribution in [0.15, 0.2) is 0 Å². The predicted molar refractivity (Wildman–Crippen MR) is 34.5 cm³/mol. The van der Waals surface area contributed by atoms with E-state index in [1.54, 1.807) is 6.92 Å². The number of phosphoric acid groups is 1. The van der Waals surface area contributed by atoms with E-state index in [4.69, 9.17) is 9.79 Å². The first-order valence-electron chi connectivity index (χ1n) is 2.68. The van der Waals surface area contributed by atoms with Gasteiger partial charge in [0.1, 0.15) is 0 Å². The summed E-state index contributed by atoms with van der Waals surface area (Å²) in [5.41, 5.74) is 0. The molecule has 0 aromatic heterocycles. The van der Waals surface area contributed by atoms with Gasteiger partial charge in [-0.3, -0.25) is 4.52 Å². The van der Waals surface area contributed by atoms with E-state index in [1.807, 2.05) is 0 Å². The number of hydrogen-bond donors (Lipinski definition) is 2. The number of phosphoric ester groups is 1. The van der Waals surface area contributed by atoms with Crippen molar-refractivity contribution >= 4 is 7.82 Å². The van der Waals surface area contributed by atoms with Gasteiger partial charge in [-0.15, -0.1) is 0 Å². The standard InChI is InChI=1S/C4H11O5P/c1-4(8-2)3-9-10(5,6)7/h4H,3H2,1-2H3,(H2,5,6,7). The smallest absolute Gasteiger partial charge is 0.379 e. The Morgan fingerprint density at radius 3 is 2.40 bits per heavy atom. The molecule has 0 radical (unpaired) electrons. The molecule has 62 valence electrons. The number of ether oxygens (including phenoxy) is 1. The average Bonchev–Trinajstić information content (AvgIpc) is 1.81. The van der Waals surface area contributed by atoms with Crippen molar-refractivity contribution < 1.29 is 23.6 Å². The Morgan fingerprint density at radius 1 is 1.60 bits per heavy atom. The highest BCUT2D eigenvalue weighted by molar-refractivity contribution is 7.46. The molecule has 0 aromatic rings. The lowest BCUT2D eigenvalue weighted by Crippen LogP contribution is -2.12. The molecule has 0 bridgehead atoms. The van der Waals surface area contributed by atoms with Crippen LogP contribution in [0.25, 0.3) is 0 Å². The summed E-state index contributed by atoms with van der Waals surface area (Å²) < 4.78 is 18.9. The first-order valence-corrected chi connectivity index (χ1v) is 4.21. The molecule has 0 saturated heterocycles. The van der Waals surface area contributed by atoms with E-state index >= 15 is 0 Å². The lowest BCUT2D eigenvalue weighted by molar-refractivity contribution is 0.0575. The Morgan fingerprint density at radius 2 is 2.10 bits per heavy atom. The molecule has 0 heterocycles. The van der Waals surface area contributed by atoms with Gasteiger partial charge in [0, 0.05) is 7.11 Å². The summed E-state index contributed by atoms with van der Waals surface area (Å²) in [4.78, 5) is 16.4. The van der Waals surface area contributed by atoms with Crippen LogP contribution in [0.1, 0.15) is 6.92 Å². The van der Waals surface area contributed by atoms with Crippen LogP contribution in [0.3, 0.4) is 0 Å². The molecular formula is C4H11O5P. The van der Waals surface area contributed by atoms with Crippen LogP contribution in [0.5, 0.6) is 0 Å². The molecule has 10 heavy (non-hydrogen) atoms. The Balaban J connectivity index is 3.46. The molecule has 0 saturated carbocycles. The minimum absolute atomic E-state index is 0.0965. The number of hydrogen-bond acceptors (Lipinski definition) is 3. The van der Waals surface area contributed by atoms with Crippen LogP contribution in [0, 0.1) is 0 Å². The third-order valence-corrected chi connectivity index (χ3v) is 1.37. The second-order valence-corrected chi connectivity index (χ2v) is 3.07. The zero-order valence-electron chi connectivity index (χ0n) is 5.85. The fourth-order valence-corrected chi connectivity index (χ4v) is 0.674. The maximum absolute atomic E-state index is 10.1. The molecule has 0 aliphatic heterocycles. The second-order valence-electron chi connectivity index (χ2n) is 1.83. The Labute approximate surface area is 59.2 Å². The molecule has 1 unspecified atom stereocenters. The van der Waals surface area contributed by atoms with Crippen LogP contribution >= 0.6 is 7.82 Å². The molecule has 0 aliphatic carbocycles. The molecule has 5 nitrogen and oxygen atoms in total. The van der Waals surface area contributed by atoms with Gasteiger partial charge in [0.25, 0.3) is 0 Å².